The molecule has 19 heavy (non-hydrogen) atoms. The fourth-order valence-electron chi connectivity index (χ4n) is 2.25. The van der Waals surface area contributed by atoms with Gasteiger partial charge in [0, 0.05) is 29.3 Å². The molecule has 1 aromatic rings. The van der Waals surface area contributed by atoms with Crippen LogP contribution in [0.25, 0.3) is 0 Å². The third-order valence-corrected chi connectivity index (χ3v) is 4.89. The largest absolute Gasteiger partial charge is 0.409 e. The van der Waals surface area contributed by atoms with Gasteiger partial charge in [-0.1, -0.05) is 12.1 Å². The van der Waals surface area contributed by atoms with Crippen LogP contribution in [0.3, 0.4) is 0 Å². The lowest BCUT2D eigenvalue weighted by Crippen LogP contribution is -2.46. The Kier molecular flexibility index (Phi) is 4.19. The minimum absolute atomic E-state index is 0.112. The van der Waals surface area contributed by atoms with Crippen molar-refractivity contribution in [3.8, 4) is 0 Å². The highest BCUT2D eigenvalue weighted by molar-refractivity contribution is 8.00. The van der Waals surface area contributed by atoms with Crippen molar-refractivity contribution in [1.82, 2.24) is 4.98 Å². The summed E-state index contributed by atoms with van der Waals surface area (Å²) in [5.74, 6) is 1.99. The van der Waals surface area contributed by atoms with Gasteiger partial charge in [-0.05, 0) is 26.0 Å². The molecule has 1 aliphatic rings. The van der Waals surface area contributed by atoms with E-state index in [4.69, 9.17) is 10.9 Å². The van der Waals surface area contributed by atoms with Crippen LogP contribution in [0.1, 0.15) is 25.1 Å². The van der Waals surface area contributed by atoms with E-state index in [9.17, 15) is 0 Å². The number of anilines is 1. The molecule has 2 atom stereocenters. The summed E-state index contributed by atoms with van der Waals surface area (Å²) in [6.07, 6.45) is 0. The molecule has 0 amide bonds. The quantitative estimate of drug-likeness (QED) is 0.374. The van der Waals surface area contributed by atoms with Crippen molar-refractivity contribution in [2.75, 3.05) is 17.2 Å². The molecule has 0 aliphatic carbocycles. The zero-order chi connectivity index (χ0) is 14.0. The molecule has 0 bridgehead atoms. The summed E-state index contributed by atoms with van der Waals surface area (Å²) in [7, 11) is 0. The first kappa shape index (κ1) is 14.0. The number of nitrogens with two attached hydrogens (primary N) is 1. The fraction of sp³-hybridized carbons (Fsp3) is 0.538. The van der Waals surface area contributed by atoms with Crippen LogP contribution in [0.4, 0.5) is 5.82 Å². The Balaban J connectivity index is 2.45. The molecule has 2 heterocycles. The van der Waals surface area contributed by atoms with Crippen LogP contribution >= 0.6 is 11.8 Å². The molecule has 1 saturated heterocycles. The third kappa shape index (κ3) is 2.78. The zero-order valence-corrected chi connectivity index (χ0v) is 12.3. The van der Waals surface area contributed by atoms with Crippen LogP contribution in [0, 0.1) is 6.92 Å². The van der Waals surface area contributed by atoms with Gasteiger partial charge in [0.1, 0.15) is 5.82 Å². The van der Waals surface area contributed by atoms with Gasteiger partial charge in [0.05, 0.1) is 5.56 Å². The van der Waals surface area contributed by atoms with E-state index in [2.05, 4.69) is 28.9 Å². The number of pyridine rings is 1. The highest BCUT2D eigenvalue weighted by Gasteiger charge is 2.28. The van der Waals surface area contributed by atoms with Crippen molar-refractivity contribution in [3.05, 3.63) is 23.4 Å². The second-order valence-corrected chi connectivity index (χ2v) is 6.30. The molecule has 5 nitrogen and oxygen atoms in total. The summed E-state index contributed by atoms with van der Waals surface area (Å²) in [6.45, 7) is 7.29. The second kappa shape index (κ2) is 5.69. The van der Waals surface area contributed by atoms with Crippen LogP contribution in [0.2, 0.25) is 0 Å². The van der Waals surface area contributed by atoms with E-state index in [1.807, 2.05) is 30.8 Å². The van der Waals surface area contributed by atoms with Gasteiger partial charge in [-0.25, -0.2) is 4.98 Å². The lowest BCUT2D eigenvalue weighted by molar-refractivity contribution is 0.318. The van der Waals surface area contributed by atoms with E-state index in [1.165, 1.54) is 0 Å². The Morgan fingerprint density at radius 3 is 2.95 bits per heavy atom. The predicted octanol–water partition coefficient (Wildman–Crippen LogP) is 1.81. The predicted molar refractivity (Wildman–Crippen MR) is 80.2 cm³/mol. The number of nitrogens with zero attached hydrogens (tertiary/aromatic N) is 3. The average Bonchev–Trinajstić information content (AvgIpc) is 2.41. The van der Waals surface area contributed by atoms with Crippen molar-refractivity contribution in [3.63, 3.8) is 0 Å². The number of aromatic nitrogens is 1. The second-order valence-electron chi connectivity index (χ2n) is 4.82. The minimum Gasteiger partial charge on any atom is -0.409 e. The number of amidine groups is 1. The van der Waals surface area contributed by atoms with Crippen molar-refractivity contribution in [2.24, 2.45) is 10.9 Å². The number of thioether (sulfide) groups is 1. The molecule has 0 saturated carbocycles. The highest BCUT2D eigenvalue weighted by atomic mass is 32.2. The topological polar surface area (TPSA) is 74.7 Å². The van der Waals surface area contributed by atoms with E-state index in [-0.39, 0.29) is 5.84 Å². The minimum atomic E-state index is 0.112. The molecule has 1 aliphatic heterocycles. The Bertz CT molecular complexity index is 492. The van der Waals surface area contributed by atoms with Crippen molar-refractivity contribution >= 4 is 23.4 Å². The van der Waals surface area contributed by atoms with Gasteiger partial charge in [0.25, 0.3) is 0 Å². The van der Waals surface area contributed by atoms with Crippen molar-refractivity contribution < 1.29 is 5.21 Å². The number of aryl methyl sites for hydroxylation is 1. The maximum atomic E-state index is 8.91. The summed E-state index contributed by atoms with van der Waals surface area (Å²) in [6, 6.07) is 4.12. The van der Waals surface area contributed by atoms with Gasteiger partial charge < -0.3 is 15.8 Å². The lowest BCUT2D eigenvalue weighted by Gasteiger charge is -2.39. The molecule has 0 radical (unpaired) electrons. The summed E-state index contributed by atoms with van der Waals surface area (Å²) in [4.78, 5) is 6.85. The van der Waals surface area contributed by atoms with E-state index in [1.54, 1.807) is 0 Å². The summed E-state index contributed by atoms with van der Waals surface area (Å²) < 4.78 is 0. The van der Waals surface area contributed by atoms with E-state index < -0.39 is 0 Å². The van der Waals surface area contributed by atoms with E-state index in [0.717, 1.165) is 23.8 Å². The van der Waals surface area contributed by atoms with Crippen LogP contribution in [-0.2, 0) is 0 Å². The molecule has 1 aromatic heterocycles. The molecular formula is C13H20N4OS. The van der Waals surface area contributed by atoms with Crippen molar-refractivity contribution in [2.45, 2.75) is 32.1 Å². The average molecular weight is 280 g/mol. The number of oxime groups is 1. The Morgan fingerprint density at radius 1 is 1.53 bits per heavy atom. The van der Waals surface area contributed by atoms with E-state index >= 15 is 0 Å². The summed E-state index contributed by atoms with van der Waals surface area (Å²) in [5, 5.41) is 12.6. The highest BCUT2D eigenvalue weighted by Crippen LogP contribution is 2.30. The lowest BCUT2D eigenvalue weighted by atomic mass is 10.1. The van der Waals surface area contributed by atoms with Crippen LogP contribution in [0.15, 0.2) is 17.3 Å². The molecule has 2 rings (SSSR count). The third-order valence-electron chi connectivity index (χ3n) is 3.55. The van der Waals surface area contributed by atoms with Gasteiger partial charge in [-0.2, -0.15) is 11.8 Å². The van der Waals surface area contributed by atoms with Crippen LogP contribution in [-0.4, -0.2) is 39.6 Å². The Hall–Kier alpha value is -1.43. The van der Waals surface area contributed by atoms with Gasteiger partial charge >= 0.3 is 0 Å². The Morgan fingerprint density at radius 2 is 2.26 bits per heavy atom. The van der Waals surface area contributed by atoms with Crippen LogP contribution < -0.4 is 10.6 Å². The SMILES string of the molecule is Cc1ccc(/C(N)=N/O)c(N2CCSC(C)C2C)n1. The van der Waals surface area contributed by atoms with Crippen molar-refractivity contribution in [1.29, 1.82) is 0 Å². The monoisotopic (exact) mass is 280 g/mol. The maximum Gasteiger partial charge on any atom is 0.173 e. The van der Waals surface area contributed by atoms with Gasteiger partial charge in [-0.3, -0.25) is 0 Å². The maximum absolute atomic E-state index is 8.91. The first-order chi connectivity index (χ1) is 9.04. The molecule has 0 spiro atoms. The fourth-order valence-corrected chi connectivity index (χ4v) is 3.35. The number of hydrogen-bond acceptors (Lipinski definition) is 5. The van der Waals surface area contributed by atoms with Gasteiger partial charge in [-0.15, -0.1) is 0 Å². The van der Waals surface area contributed by atoms with Gasteiger partial charge in [0.15, 0.2) is 5.84 Å². The normalized spacial score (nSPS) is 24.6. The zero-order valence-electron chi connectivity index (χ0n) is 11.5. The first-order valence-corrected chi connectivity index (χ1v) is 7.43. The Labute approximate surface area is 117 Å². The van der Waals surface area contributed by atoms with Crippen LogP contribution in [0.5, 0.6) is 0 Å². The van der Waals surface area contributed by atoms with Gasteiger partial charge in [0.2, 0.25) is 0 Å². The molecule has 0 aromatic carbocycles. The summed E-state index contributed by atoms with van der Waals surface area (Å²) in [5.41, 5.74) is 7.39. The smallest absolute Gasteiger partial charge is 0.173 e. The molecular weight excluding hydrogens is 260 g/mol. The molecule has 1 fully saturated rings. The number of rotatable bonds is 2. The van der Waals surface area contributed by atoms with E-state index in [0.29, 0.717) is 16.9 Å². The first-order valence-electron chi connectivity index (χ1n) is 6.38. The summed E-state index contributed by atoms with van der Waals surface area (Å²) >= 11 is 1.97. The number of hydrogen-bond donors (Lipinski definition) is 2. The standard InChI is InChI=1S/C13H20N4OS/c1-8-4-5-11(12(14)16-18)13(15-8)17-6-7-19-10(3)9(17)2/h4-5,9-10,18H,6-7H2,1-3H3,(H2,14,16). The molecule has 3 N–H and O–H groups in total. The molecule has 2 unspecified atom stereocenters. The molecule has 104 valence electrons. The molecule has 6 heteroatoms.